The van der Waals surface area contributed by atoms with E-state index in [1.54, 1.807) is 0 Å². The number of hydrogen-bond donors (Lipinski definition) is 0. The highest BCUT2D eigenvalue weighted by Crippen LogP contribution is 2.14. The van der Waals surface area contributed by atoms with E-state index in [0.29, 0.717) is 13.0 Å². The van der Waals surface area contributed by atoms with E-state index >= 15 is 0 Å². The van der Waals surface area contributed by atoms with Crippen molar-refractivity contribution in [3.63, 3.8) is 0 Å². The molecule has 0 radical (unpaired) electrons. The minimum atomic E-state index is 0.278. The monoisotopic (exact) mass is 639 g/mol. The van der Waals surface area contributed by atoms with Crippen molar-refractivity contribution in [2.75, 3.05) is 27.2 Å². The molecule has 0 aliphatic heterocycles. The van der Waals surface area contributed by atoms with Gasteiger partial charge in [-0.2, -0.15) is 0 Å². The molecule has 266 valence electrons. The second kappa shape index (κ2) is 37.7. The zero-order chi connectivity index (χ0) is 33.6. The number of hydrogen-bond acceptors (Lipinski definition) is 3. The van der Waals surface area contributed by atoms with Crippen LogP contribution in [-0.2, 0) is 4.79 Å². The van der Waals surface area contributed by atoms with Crippen molar-refractivity contribution in [3.8, 4) is 0 Å². The van der Waals surface area contributed by atoms with Crippen LogP contribution in [-0.4, -0.2) is 43.6 Å². The lowest BCUT2D eigenvalue weighted by atomic mass is 10.0. The first-order chi connectivity index (χ1) is 22.6. The molecule has 0 aliphatic carbocycles. The normalized spacial score (nSPS) is 12.2. The third-order valence-electron chi connectivity index (χ3n) is 8.65. The molecule has 0 saturated heterocycles. The van der Waals surface area contributed by atoms with Gasteiger partial charge in [0.05, 0.1) is 6.54 Å². The summed E-state index contributed by atoms with van der Waals surface area (Å²) < 4.78 is 0. The van der Waals surface area contributed by atoms with E-state index in [4.69, 9.17) is 4.99 Å². The smallest absolute Gasteiger partial charge is 0.155 e. The van der Waals surface area contributed by atoms with E-state index in [1.165, 1.54) is 147 Å². The molecule has 0 N–H and O–H groups in total. The lowest BCUT2D eigenvalue weighted by molar-refractivity contribution is -0.117. The van der Waals surface area contributed by atoms with Gasteiger partial charge in [-0.15, -0.1) is 0 Å². The SMILES string of the molecule is CCCCC/C=C\C/C=C\CCCCCCCCC(CCCCCCCC/C=C\C/C=C\CCCCC)=NCC(=O)CCN(C)C. The van der Waals surface area contributed by atoms with Crippen LogP contribution in [0.2, 0.25) is 0 Å². The van der Waals surface area contributed by atoms with Gasteiger partial charge in [-0.05, 0) is 104 Å². The molecular formula is C43H78N2O. The second-order valence-corrected chi connectivity index (χ2v) is 13.6. The van der Waals surface area contributed by atoms with E-state index in [0.717, 1.165) is 32.2 Å². The molecule has 0 fully saturated rings. The molecule has 0 spiro atoms. The summed E-state index contributed by atoms with van der Waals surface area (Å²) in [5.74, 6) is 0.278. The molecule has 0 heterocycles. The van der Waals surface area contributed by atoms with E-state index in [1.807, 2.05) is 14.1 Å². The Balaban J connectivity index is 4.06. The van der Waals surface area contributed by atoms with Crippen molar-refractivity contribution in [1.29, 1.82) is 0 Å². The van der Waals surface area contributed by atoms with Crippen LogP contribution in [0.25, 0.3) is 0 Å². The molecular weight excluding hydrogens is 560 g/mol. The largest absolute Gasteiger partial charge is 0.309 e. The highest BCUT2D eigenvalue weighted by atomic mass is 16.1. The Kier molecular flexibility index (Phi) is 36.3. The van der Waals surface area contributed by atoms with E-state index in [-0.39, 0.29) is 5.78 Å². The maximum Gasteiger partial charge on any atom is 0.155 e. The molecule has 0 aromatic carbocycles. The molecule has 46 heavy (non-hydrogen) atoms. The van der Waals surface area contributed by atoms with Gasteiger partial charge >= 0.3 is 0 Å². The number of rotatable bonds is 35. The lowest BCUT2D eigenvalue weighted by Crippen LogP contribution is -2.18. The Labute approximate surface area is 288 Å². The summed E-state index contributed by atoms with van der Waals surface area (Å²) in [5.41, 5.74) is 1.30. The Morgan fingerprint density at radius 1 is 0.478 bits per heavy atom. The Hall–Kier alpha value is -1.74. The third kappa shape index (κ3) is 36.7. The van der Waals surface area contributed by atoms with E-state index in [2.05, 4.69) is 67.4 Å². The number of unbranched alkanes of at least 4 members (excludes halogenated alkanes) is 18. The van der Waals surface area contributed by atoms with Gasteiger partial charge in [-0.1, -0.05) is 140 Å². The van der Waals surface area contributed by atoms with E-state index in [9.17, 15) is 4.79 Å². The number of carbonyl (C=O) groups is 1. The van der Waals surface area contributed by atoms with Gasteiger partial charge in [-0.3, -0.25) is 9.79 Å². The van der Waals surface area contributed by atoms with Crippen LogP contribution >= 0.6 is 0 Å². The molecule has 3 heteroatoms. The quantitative estimate of drug-likeness (QED) is 0.0393. The van der Waals surface area contributed by atoms with Crippen LogP contribution in [0.15, 0.2) is 53.6 Å². The van der Waals surface area contributed by atoms with Gasteiger partial charge in [0.2, 0.25) is 0 Å². The number of allylic oxidation sites excluding steroid dienone is 8. The average Bonchev–Trinajstić information content (AvgIpc) is 3.05. The lowest BCUT2D eigenvalue weighted by Gasteiger charge is -2.09. The highest BCUT2D eigenvalue weighted by molar-refractivity contribution is 5.88. The number of ketones is 1. The fraction of sp³-hybridized carbons (Fsp3) is 0.767. The number of carbonyl (C=O) groups excluding carboxylic acids is 1. The molecule has 0 bridgehead atoms. The maximum absolute atomic E-state index is 12.3. The summed E-state index contributed by atoms with van der Waals surface area (Å²) in [4.78, 5) is 19.3. The maximum atomic E-state index is 12.3. The van der Waals surface area contributed by atoms with Crippen molar-refractivity contribution in [1.82, 2.24) is 4.90 Å². The highest BCUT2D eigenvalue weighted by Gasteiger charge is 2.05. The number of nitrogens with zero attached hydrogens (tertiary/aromatic N) is 2. The summed E-state index contributed by atoms with van der Waals surface area (Å²) in [6.07, 6.45) is 52.2. The fourth-order valence-corrected chi connectivity index (χ4v) is 5.54. The Morgan fingerprint density at radius 3 is 1.24 bits per heavy atom. The van der Waals surface area contributed by atoms with Crippen LogP contribution in [0.1, 0.15) is 187 Å². The Bertz CT molecular complexity index is 739. The second-order valence-electron chi connectivity index (χ2n) is 13.6. The molecule has 0 amide bonds. The van der Waals surface area contributed by atoms with E-state index < -0.39 is 0 Å². The zero-order valence-electron chi connectivity index (χ0n) is 31.4. The predicted octanol–water partition coefficient (Wildman–Crippen LogP) is 13.4. The summed E-state index contributed by atoms with van der Waals surface area (Å²) in [6.45, 7) is 5.73. The molecule has 0 rings (SSSR count). The van der Waals surface area contributed by atoms with Crippen molar-refractivity contribution in [3.05, 3.63) is 48.6 Å². The molecule has 0 unspecified atom stereocenters. The van der Waals surface area contributed by atoms with Crippen molar-refractivity contribution >= 4 is 11.5 Å². The molecule has 0 aliphatic rings. The minimum absolute atomic E-state index is 0.278. The van der Waals surface area contributed by atoms with Crippen LogP contribution in [0, 0.1) is 0 Å². The van der Waals surface area contributed by atoms with Gasteiger partial charge in [0.25, 0.3) is 0 Å². The summed E-state index contributed by atoms with van der Waals surface area (Å²) in [6, 6.07) is 0. The topological polar surface area (TPSA) is 32.7 Å². The first-order valence-corrected chi connectivity index (χ1v) is 19.9. The van der Waals surface area contributed by atoms with Gasteiger partial charge in [0, 0.05) is 18.7 Å². The number of aliphatic imine (C=N–C) groups is 1. The first kappa shape index (κ1) is 44.3. The van der Waals surface area contributed by atoms with Crippen LogP contribution in [0.4, 0.5) is 0 Å². The average molecular weight is 639 g/mol. The Morgan fingerprint density at radius 2 is 0.848 bits per heavy atom. The molecule has 0 aromatic rings. The minimum Gasteiger partial charge on any atom is -0.309 e. The molecule has 0 atom stereocenters. The molecule has 0 saturated carbocycles. The predicted molar refractivity (Wildman–Crippen MR) is 208 cm³/mol. The standard InChI is InChI=1S/C43H78N2O/c1-5-7-9-11-13-15-17-19-21-23-25-27-29-31-33-35-37-42(44-41-43(46)39-40-45(3)4)38-36-34-32-30-28-26-24-22-20-18-16-14-12-10-8-6-2/h13-16,19-22H,5-12,17-18,23-41H2,1-4H3/b15-13-,16-14-,21-19-,22-20-. The number of Topliss-reactive ketones (excluding diaryl/α,β-unsaturated/α-hetero) is 1. The van der Waals surface area contributed by atoms with Crippen molar-refractivity contribution < 1.29 is 4.79 Å². The van der Waals surface area contributed by atoms with Gasteiger partial charge in [0.1, 0.15) is 0 Å². The van der Waals surface area contributed by atoms with Crippen molar-refractivity contribution in [2.24, 2.45) is 4.99 Å². The fourth-order valence-electron chi connectivity index (χ4n) is 5.54. The summed E-state index contributed by atoms with van der Waals surface area (Å²) in [7, 11) is 4.05. The van der Waals surface area contributed by atoms with Gasteiger partial charge in [-0.25, -0.2) is 0 Å². The van der Waals surface area contributed by atoms with Crippen LogP contribution < -0.4 is 0 Å². The summed E-state index contributed by atoms with van der Waals surface area (Å²) >= 11 is 0. The molecule has 3 nitrogen and oxygen atoms in total. The van der Waals surface area contributed by atoms with Crippen LogP contribution in [0.3, 0.4) is 0 Å². The molecule has 0 aromatic heterocycles. The van der Waals surface area contributed by atoms with Crippen molar-refractivity contribution in [2.45, 2.75) is 187 Å². The first-order valence-electron chi connectivity index (χ1n) is 19.9. The van der Waals surface area contributed by atoms with Crippen LogP contribution in [0.5, 0.6) is 0 Å². The van der Waals surface area contributed by atoms with Gasteiger partial charge < -0.3 is 4.90 Å². The summed E-state index contributed by atoms with van der Waals surface area (Å²) in [5, 5.41) is 0. The van der Waals surface area contributed by atoms with Gasteiger partial charge in [0.15, 0.2) is 5.78 Å². The zero-order valence-corrected chi connectivity index (χ0v) is 31.4. The third-order valence-corrected chi connectivity index (χ3v) is 8.65.